The normalized spacial score (nSPS) is 12.9. The summed E-state index contributed by atoms with van der Waals surface area (Å²) in [4.78, 5) is 0. The lowest BCUT2D eigenvalue weighted by atomic mass is 9.94. The quantitative estimate of drug-likeness (QED) is 0.776. The second-order valence-electron chi connectivity index (χ2n) is 3.95. The SMILES string of the molecule is CCC[C@H](N)c1cc(C)ccc1CC. The fourth-order valence-electron chi connectivity index (χ4n) is 1.85. The molecule has 0 saturated carbocycles. The van der Waals surface area contributed by atoms with Gasteiger partial charge in [0.15, 0.2) is 0 Å². The van der Waals surface area contributed by atoms with Crippen LogP contribution in [0.3, 0.4) is 0 Å². The van der Waals surface area contributed by atoms with Crippen LogP contribution < -0.4 is 5.73 Å². The molecule has 0 radical (unpaired) electrons. The second-order valence-corrected chi connectivity index (χ2v) is 3.95. The Morgan fingerprint density at radius 3 is 2.57 bits per heavy atom. The van der Waals surface area contributed by atoms with Crippen molar-refractivity contribution in [3.05, 3.63) is 34.9 Å². The zero-order valence-corrected chi connectivity index (χ0v) is 9.51. The van der Waals surface area contributed by atoms with Gasteiger partial charge < -0.3 is 5.73 Å². The molecule has 14 heavy (non-hydrogen) atoms. The minimum atomic E-state index is 0.217. The first-order valence-electron chi connectivity index (χ1n) is 5.54. The van der Waals surface area contributed by atoms with E-state index < -0.39 is 0 Å². The lowest BCUT2D eigenvalue weighted by Crippen LogP contribution is -2.12. The smallest absolute Gasteiger partial charge is 0.0297 e. The molecule has 1 rings (SSSR count). The average molecular weight is 191 g/mol. The minimum absolute atomic E-state index is 0.217. The Balaban J connectivity index is 2.97. The molecule has 0 saturated heterocycles. The standard InChI is InChI=1S/C13H21N/c1-4-6-13(14)12-9-10(3)7-8-11(12)5-2/h7-9,13H,4-6,14H2,1-3H3/t13-/m0/s1. The highest BCUT2D eigenvalue weighted by Crippen LogP contribution is 2.21. The molecular formula is C13H21N. The van der Waals surface area contributed by atoms with Crippen LogP contribution in [0.15, 0.2) is 18.2 Å². The molecule has 0 aliphatic rings. The Hall–Kier alpha value is -0.820. The molecule has 0 aliphatic carbocycles. The molecule has 0 bridgehead atoms. The van der Waals surface area contributed by atoms with Gasteiger partial charge in [-0.1, -0.05) is 44.0 Å². The first-order valence-corrected chi connectivity index (χ1v) is 5.54. The summed E-state index contributed by atoms with van der Waals surface area (Å²) in [5, 5.41) is 0. The van der Waals surface area contributed by atoms with Crippen molar-refractivity contribution >= 4 is 0 Å². The third kappa shape index (κ3) is 2.58. The summed E-state index contributed by atoms with van der Waals surface area (Å²) in [6.45, 7) is 6.50. The Labute approximate surface area is 87.3 Å². The molecule has 1 aromatic rings. The number of nitrogens with two attached hydrogens (primary N) is 1. The maximum Gasteiger partial charge on any atom is 0.0297 e. The molecule has 0 spiro atoms. The highest BCUT2D eigenvalue weighted by Gasteiger charge is 2.08. The van der Waals surface area contributed by atoms with Gasteiger partial charge in [0.1, 0.15) is 0 Å². The van der Waals surface area contributed by atoms with E-state index in [1.807, 2.05) is 0 Å². The predicted octanol–water partition coefficient (Wildman–Crippen LogP) is 3.36. The summed E-state index contributed by atoms with van der Waals surface area (Å²) < 4.78 is 0. The van der Waals surface area contributed by atoms with Gasteiger partial charge in [-0.2, -0.15) is 0 Å². The predicted molar refractivity (Wildman–Crippen MR) is 62.4 cm³/mol. The maximum atomic E-state index is 6.15. The zero-order chi connectivity index (χ0) is 10.6. The van der Waals surface area contributed by atoms with Gasteiger partial charge in [-0.25, -0.2) is 0 Å². The van der Waals surface area contributed by atoms with E-state index in [4.69, 9.17) is 5.73 Å². The lowest BCUT2D eigenvalue weighted by molar-refractivity contribution is 0.632. The van der Waals surface area contributed by atoms with Crippen LogP contribution in [0.4, 0.5) is 0 Å². The van der Waals surface area contributed by atoms with Crippen LogP contribution in [0.2, 0.25) is 0 Å². The van der Waals surface area contributed by atoms with Crippen molar-refractivity contribution in [3.8, 4) is 0 Å². The van der Waals surface area contributed by atoms with Gasteiger partial charge in [-0.05, 0) is 30.9 Å². The van der Waals surface area contributed by atoms with Crippen molar-refractivity contribution < 1.29 is 0 Å². The van der Waals surface area contributed by atoms with Gasteiger partial charge in [0.25, 0.3) is 0 Å². The number of hydrogen-bond acceptors (Lipinski definition) is 1. The molecule has 1 atom stereocenters. The lowest BCUT2D eigenvalue weighted by Gasteiger charge is -2.15. The third-order valence-corrected chi connectivity index (χ3v) is 2.68. The molecule has 2 N–H and O–H groups in total. The number of benzene rings is 1. The summed E-state index contributed by atoms with van der Waals surface area (Å²) in [5.74, 6) is 0. The summed E-state index contributed by atoms with van der Waals surface area (Å²) in [5.41, 5.74) is 10.2. The number of aryl methyl sites for hydroxylation is 2. The fraction of sp³-hybridized carbons (Fsp3) is 0.538. The maximum absolute atomic E-state index is 6.15. The highest BCUT2D eigenvalue weighted by molar-refractivity contribution is 5.33. The van der Waals surface area contributed by atoms with Gasteiger partial charge in [-0.3, -0.25) is 0 Å². The fourth-order valence-corrected chi connectivity index (χ4v) is 1.85. The van der Waals surface area contributed by atoms with E-state index in [9.17, 15) is 0 Å². The molecule has 0 heterocycles. The molecule has 1 nitrogen and oxygen atoms in total. The molecule has 1 aromatic carbocycles. The minimum Gasteiger partial charge on any atom is -0.324 e. The summed E-state index contributed by atoms with van der Waals surface area (Å²) in [7, 11) is 0. The van der Waals surface area contributed by atoms with E-state index in [0.717, 1.165) is 19.3 Å². The van der Waals surface area contributed by atoms with E-state index in [2.05, 4.69) is 39.0 Å². The van der Waals surface area contributed by atoms with E-state index in [-0.39, 0.29) is 6.04 Å². The second kappa shape index (κ2) is 5.16. The van der Waals surface area contributed by atoms with Gasteiger partial charge in [0.2, 0.25) is 0 Å². The van der Waals surface area contributed by atoms with Crippen LogP contribution in [0.25, 0.3) is 0 Å². The zero-order valence-electron chi connectivity index (χ0n) is 9.51. The summed E-state index contributed by atoms with van der Waals surface area (Å²) >= 11 is 0. The van der Waals surface area contributed by atoms with E-state index in [1.54, 1.807) is 0 Å². The van der Waals surface area contributed by atoms with E-state index in [1.165, 1.54) is 16.7 Å². The van der Waals surface area contributed by atoms with Crippen molar-refractivity contribution in [1.29, 1.82) is 0 Å². The molecule has 0 fully saturated rings. The molecule has 0 amide bonds. The van der Waals surface area contributed by atoms with Crippen molar-refractivity contribution in [2.75, 3.05) is 0 Å². The Kier molecular flexibility index (Phi) is 4.15. The average Bonchev–Trinajstić information content (AvgIpc) is 2.18. The summed E-state index contributed by atoms with van der Waals surface area (Å²) in [6, 6.07) is 6.83. The molecule has 1 heteroatoms. The first-order chi connectivity index (χ1) is 6.69. The Bertz CT molecular complexity index is 291. The van der Waals surface area contributed by atoms with E-state index in [0.29, 0.717) is 0 Å². The van der Waals surface area contributed by atoms with Crippen LogP contribution in [-0.4, -0.2) is 0 Å². The van der Waals surface area contributed by atoms with Crippen molar-refractivity contribution in [3.63, 3.8) is 0 Å². The van der Waals surface area contributed by atoms with Crippen LogP contribution in [0.1, 0.15) is 49.4 Å². The van der Waals surface area contributed by atoms with Crippen molar-refractivity contribution in [2.24, 2.45) is 5.73 Å². The molecule has 0 unspecified atom stereocenters. The molecule has 0 aliphatic heterocycles. The van der Waals surface area contributed by atoms with Crippen LogP contribution in [0, 0.1) is 6.92 Å². The van der Waals surface area contributed by atoms with Gasteiger partial charge in [-0.15, -0.1) is 0 Å². The van der Waals surface area contributed by atoms with Crippen LogP contribution in [-0.2, 0) is 6.42 Å². The largest absolute Gasteiger partial charge is 0.324 e. The summed E-state index contributed by atoms with van der Waals surface area (Å²) in [6.07, 6.45) is 3.31. The van der Waals surface area contributed by atoms with Gasteiger partial charge in [0, 0.05) is 6.04 Å². The number of hydrogen-bond donors (Lipinski definition) is 1. The highest BCUT2D eigenvalue weighted by atomic mass is 14.6. The molecule has 0 aromatic heterocycles. The molecular weight excluding hydrogens is 170 g/mol. The van der Waals surface area contributed by atoms with Crippen LogP contribution >= 0.6 is 0 Å². The Morgan fingerprint density at radius 2 is 2.00 bits per heavy atom. The number of rotatable bonds is 4. The molecule has 78 valence electrons. The third-order valence-electron chi connectivity index (χ3n) is 2.68. The van der Waals surface area contributed by atoms with Crippen LogP contribution in [0.5, 0.6) is 0 Å². The van der Waals surface area contributed by atoms with Crippen molar-refractivity contribution in [1.82, 2.24) is 0 Å². The topological polar surface area (TPSA) is 26.0 Å². The van der Waals surface area contributed by atoms with Gasteiger partial charge in [0.05, 0.1) is 0 Å². The van der Waals surface area contributed by atoms with Crippen molar-refractivity contribution in [2.45, 2.75) is 46.1 Å². The van der Waals surface area contributed by atoms with Gasteiger partial charge >= 0.3 is 0 Å². The monoisotopic (exact) mass is 191 g/mol. The van der Waals surface area contributed by atoms with E-state index >= 15 is 0 Å². The Morgan fingerprint density at radius 1 is 1.29 bits per heavy atom. The first kappa shape index (κ1) is 11.3.